The fraction of sp³-hybridized carbons (Fsp3) is 0.308. The van der Waals surface area contributed by atoms with Gasteiger partial charge >= 0.3 is 0 Å². The Bertz CT molecular complexity index is 690. The summed E-state index contributed by atoms with van der Waals surface area (Å²) in [4.78, 5) is 32.5. The highest BCUT2D eigenvalue weighted by atomic mass is 32.2. The second-order valence-corrected chi connectivity index (χ2v) is 6.20. The van der Waals surface area contributed by atoms with Gasteiger partial charge in [0.1, 0.15) is 4.87 Å². The molecular weight excluding hydrogens is 308 g/mol. The SMILES string of the molecule is CC(=O)NC1=NN(C(C)=O)[C@](C)(c2cccc([N+](=O)[O-])c2)S1. The van der Waals surface area contributed by atoms with Crippen molar-refractivity contribution in [3.63, 3.8) is 0 Å². The van der Waals surface area contributed by atoms with Crippen molar-refractivity contribution in [1.29, 1.82) is 0 Å². The molecule has 1 aliphatic heterocycles. The Balaban J connectivity index is 2.43. The van der Waals surface area contributed by atoms with E-state index in [0.717, 1.165) is 11.8 Å². The number of hydrazone groups is 1. The minimum atomic E-state index is -0.963. The van der Waals surface area contributed by atoms with E-state index in [4.69, 9.17) is 0 Å². The fourth-order valence-electron chi connectivity index (χ4n) is 2.10. The van der Waals surface area contributed by atoms with Gasteiger partial charge in [0, 0.05) is 26.0 Å². The predicted octanol–water partition coefficient (Wildman–Crippen LogP) is 1.77. The number of thioether (sulfide) groups is 1. The van der Waals surface area contributed by atoms with Gasteiger partial charge in [0.2, 0.25) is 11.8 Å². The number of hydrogen-bond acceptors (Lipinski definition) is 6. The van der Waals surface area contributed by atoms with Crippen molar-refractivity contribution in [3.05, 3.63) is 39.9 Å². The van der Waals surface area contributed by atoms with Crippen molar-refractivity contribution in [1.82, 2.24) is 10.3 Å². The summed E-state index contributed by atoms with van der Waals surface area (Å²) < 4.78 is 0. The first-order chi connectivity index (χ1) is 10.2. The van der Waals surface area contributed by atoms with E-state index in [1.165, 1.54) is 31.0 Å². The molecule has 2 amide bonds. The summed E-state index contributed by atoms with van der Waals surface area (Å²) in [6, 6.07) is 6.01. The van der Waals surface area contributed by atoms with Crippen LogP contribution in [0.25, 0.3) is 0 Å². The summed E-state index contributed by atoms with van der Waals surface area (Å²) in [5.41, 5.74) is 0.474. The Labute approximate surface area is 130 Å². The number of nitrogens with zero attached hydrogens (tertiary/aromatic N) is 3. The Morgan fingerprint density at radius 1 is 1.41 bits per heavy atom. The number of amides is 2. The van der Waals surface area contributed by atoms with Crippen LogP contribution in [0.4, 0.5) is 5.69 Å². The number of nitrogens with one attached hydrogen (secondary N) is 1. The molecule has 1 heterocycles. The molecule has 1 atom stereocenters. The lowest BCUT2D eigenvalue weighted by Gasteiger charge is -2.30. The standard InChI is InChI=1S/C13H14N4O4S/c1-8(18)14-12-15-16(9(2)19)13(3,22-12)10-5-4-6-11(7-10)17(20)21/h4-7H,1-3H3,(H,14,15,18)/t13-/m0/s1. The Hall–Kier alpha value is -2.42. The lowest BCUT2D eigenvalue weighted by molar-refractivity contribution is -0.385. The first-order valence-corrected chi connectivity index (χ1v) is 7.16. The normalized spacial score (nSPS) is 20.5. The molecule has 1 aromatic carbocycles. The van der Waals surface area contributed by atoms with E-state index in [0.29, 0.717) is 5.56 Å². The van der Waals surface area contributed by atoms with Crippen molar-refractivity contribution >= 4 is 34.4 Å². The van der Waals surface area contributed by atoms with Crippen LogP contribution in [-0.4, -0.2) is 26.9 Å². The number of benzene rings is 1. The van der Waals surface area contributed by atoms with Gasteiger partial charge in [-0.25, -0.2) is 5.01 Å². The Kier molecular flexibility index (Phi) is 4.18. The number of hydrogen-bond donors (Lipinski definition) is 1. The van der Waals surface area contributed by atoms with Crippen LogP contribution in [-0.2, 0) is 14.5 Å². The predicted molar refractivity (Wildman–Crippen MR) is 81.8 cm³/mol. The van der Waals surface area contributed by atoms with Gasteiger partial charge < -0.3 is 5.32 Å². The molecule has 1 aromatic rings. The van der Waals surface area contributed by atoms with Gasteiger partial charge in [0.25, 0.3) is 5.69 Å². The molecule has 0 radical (unpaired) electrons. The maximum Gasteiger partial charge on any atom is 0.269 e. The zero-order valence-electron chi connectivity index (χ0n) is 12.2. The third-order valence-electron chi connectivity index (χ3n) is 3.06. The summed E-state index contributed by atoms with van der Waals surface area (Å²) >= 11 is 1.15. The molecule has 0 fully saturated rings. The van der Waals surface area contributed by atoms with Gasteiger partial charge in [-0.05, 0) is 12.5 Å². The van der Waals surface area contributed by atoms with Gasteiger partial charge in [-0.15, -0.1) is 5.10 Å². The van der Waals surface area contributed by atoms with Crippen molar-refractivity contribution < 1.29 is 14.5 Å². The number of carbonyl (C=O) groups excluding carboxylic acids is 2. The summed E-state index contributed by atoms with van der Waals surface area (Å²) in [5.74, 6) is -0.639. The van der Waals surface area contributed by atoms with Gasteiger partial charge in [-0.2, -0.15) is 0 Å². The maximum atomic E-state index is 11.8. The molecule has 0 bridgehead atoms. The van der Waals surface area contributed by atoms with E-state index in [2.05, 4.69) is 10.4 Å². The molecule has 9 heteroatoms. The zero-order valence-corrected chi connectivity index (χ0v) is 13.0. The molecule has 1 N–H and O–H groups in total. The number of amidine groups is 1. The number of nitro groups is 1. The topological polar surface area (TPSA) is 105 Å². The molecule has 22 heavy (non-hydrogen) atoms. The van der Waals surface area contributed by atoms with E-state index in [1.54, 1.807) is 19.1 Å². The lowest BCUT2D eigenvalue weighted by Crippen LogP contribution is -2.37. The van der Waals surface area contributed by atoms with E-state index < -0.39 is 9.79 Å². The van der Waals surface area contributed by atoms with Crippen LogP contribution in [0.3, 0.4) is 0 Å². The average Bonchev–Trinajstić information content (AvgIpc) is 2.76. The van der Waals surface area contributed by atoms with Crippen molar-refractivity contribution in [2.75, 3.05) is 0 Å². The summed E-state index contributed by atoms with van der Waals surface area (Å²) in [5, 5.41) is 19.0. The zero-order chi connectivity index (χ0) is 16.5. The lowest BCUT2D eigenvalue weighted by atomic mass is 10.1. The van der Waals surface area contributed by atoms with Gasteiger partial charge in [-0.1, -0.05) is 23.9 Å². The smallest absolute Gasteiger partial charge is 0.269 e. The molecule has 8 nitrogen and oxygen atoms in total. The molecule has 1 aliphatic rings. The van der Waals surface area contributed by atoms with E-state index >= 15 is 0 Å². The second-order valence-electron chi connectivity index (χ2n) is 4.81. The highest BCUT2D eigenvalue weighted by molar-refractivity contribution is 8.14. The quantitative estimate of drug-likeness (QED) is 0.660. The minimum Gasteiger partial charge on any atom is -0.304 e. The van der Waals surface area contributed by atoms with Crippen LogP contribution < -0.4 is 5.32 Å². The van der Waals surface area contributed by atoms with Crippen LogP contribution in [0.1, 0.15) is 26.3 Å². The number of nitro benzene ring substituents is 1. The summed E-state index contributed by atoms with van der Waals surface area (Å²) in [6.07, 6.45) is 0. The van der Waals surface area contributed by atoms with Crippen LogP contribution >= 0.6 is 11.8 Å². The fourth-order valence-corrected chi connectivity index (χ4v) is 3.29. The molecule has 0 unspecified atom stereocenters. The molecule has 116 valence electrons. The van der Waals surface area contributed by atoms with Gasteiger partial charge in [-0.3, -0.25) is 19.7 Å². The van der Waals surface area contributed by atoms with Crippen LogP contribution in [0.2, 0.25) is 0 Å². The van der Waals surface area contributed by atoms with Crippen molar-refractivity contribution in [2.45, 2.75) is 25.6 Å². The largest absolute Gasteiger partial charge is 0.304 e. The van der Waals surface area contributed by atoms with E-state index in [-0.39, 0.29) is 22.7 Å². The molecule has 0 aliphatic carbocycles. The van der Waals surface area contributed by atoms with Crippen LogP contribution in [0.15, 0.2) is 29.4 Å². The summed E-state index contributed by atoms with van der Waals surface area (Å²) in [6.45, 7) is 4.40. The third kappa shape index (κ3) is 2.93. The van der Waals surface area contributed by atoms with Crippen molar-refractivity contribution in [3.8, 4) is 0 Å². The molecule has 0 spiro atoms. The first-order valence-electron chi connectivity index (χ1n) is 6.35. The molecule has 0 aromatic heterocycles. The summed E-state index contributed by atoms with van der Waals surface area (Å²) in [7, 11) is 0. The molecule has 2 rings (SSSR count). The number of carbonyl (C=O) groups is 2. The highest BCUT2D eigenvalue weighted by Crippen LogP contribution is 2.45. The average molecular weight is 322 g/mol. The van der Waals surface area contributed by atoms with E-state index in [9.17, 15) is 19.7 Å². The molecule has 0 saturated carbocycles. The van der Waals surface area contributed by atoms with Crippen molar-refractivity contribution in [2.24, 2.45) is 5.10 Å². The Morgan fingerprint density at radius 2 is 2.09 bits per heavy atom. The molecular formula is C13H14N4O4S. The second kappa shape index (κ2) is 5.76. The third-order valence-corrected chi connectivity index (χ3v) is 4.25. The van der Waals surface area contributed by atoms with Crippen LogP contribution in [0, 0.1) is 10.1 Å². The first kappa shape index (κ1) is 16.0. The van der Waals surface area contributed by atoms with Gasteiger partial charge in [0.05, 0.1) is 4.92 Å². The maximum absolute atomic E-state index is 11.8. The minimum absolute atomic E-state index is 0.0733. The van der Waals surface area contributed by atoms with E-state index in [1.807, 2.05) is 0 Å². The molecule has 0 saturated heterocycles. The van der Waals surface area contributed by atoms with Crippen LogP contribution in [0.5, 0.6) is 0 Å². The number of rotatable bonds is 2. The Morgan fingerprint density at radius 3 is 2.64 bits per heavy atom. The van der Waals surface area contributed by atoms with Gasteiger partial charge in [0.15, 0.2) is 5.17 Å². The number of non-ortho nitro benzene ring substituents is 1. The monoisotopic (exact) mass is 322 g/mol. The highest BCUT2D eigenvalue weighted by Gasteiger charge is 2.44.